The van der Waals surface area contributed by atoms with E-state index in [1.807, 2.05) is 0 Å². The van der Waals surface area contributed by atoms with Crippen LogP contribution in [-0.4, -0.2) is 17.0 Å². The topological polar surface area (TPSA) is 37.3 Å². The fourth-order valence-electron chi connectivity index (χ4n) is 7.43. The smallest absolute Gasteiger partial charge is 0.139 e. The van der Waals surface area contributed by atoms with Crippen LogP contribution in [-0.2, 0) is 4.79 Å². The first-order valence-corrected chi connectivity index (χ1v) is 9.73. The van der Waals surface area contributed by atoms with E-state index in [-0.39, 0.29) is 11.5 Å². The van der Waals surface area contributed by atoms with E-state index in [1.165, 1.54) is 38.5 Å². The average molecular weight is 304 g/mol. The highest BCUT2D eigenvalue weighted by Gasteiger charge is 2.62. The maximum Gasteiger partial charge on any atom is 0.139 e. The number of rotatable bonds is 1. The summed E-state index contributed by atoms with van der Waals surface area (Å²) in [6.45, 7) is 4.66. The maximum atomic E-state index is 12.6. The van der Waals surface area contributed by atoms with Crippen LogP contribution in [0.2, 0.25) is 0 Å². The molecule has 4 fully saturated rings. The number of hydrogen-bond donors (Lipinski definition) is 1. The summed E-state index contributed by atoms with van der Waals surface area (Å²) in [6, 6.07) is 0. The Labute approximate surface area is 135 Å². The van der Waals surface area contributed by atoms with E-state index in [4.69, 9.17) is 0 Å². The van der Waals surface area contributed by atoms with Crippen molar-refractivity contribution in [2.24, 2.45) is 34.5 Å². The summed E-state index contributed by atoms with van der Waals surface area (Å²) in [6.07, 6.45) is 11.3. The molecular formula is C20H32O2. The van der Waals surface area contributed by atoms with Crippen molar-refractivity contribution < 1.29 is 9.90 Å². The van der Waals surface area contributed by atoms with E-state index in [2.05, 4.69) is 13.8 Å². The zero-order chi connectivity index (χ0) is 15.5. The highest BCUT2D eigenvalue weighted by Crippen LogP contribution is 2.65. The number of carbonyl (C=O) groups is 1. The summed E-state index contributed by atoms with van der Waals surface area (Å²) >= 11 is 0. The number of Topliss-reactive ketones (excluding diaryl/α,β-unsaturated/α-hetero) is 1. The van der Waals surface area contributed by atoms with Crippen LogP contribution in [0.3, 0.4) is 0 Å². The van der Waals surface area contributed by atoms with Crippen molar-refractivity contribution in [3.63, 3.8) is 0 Å². The lowest BCUT2D eigenvalue weighted by molar-refractivity contribution is -0.161. The molecule has 0 radical (unpaired) electrons. The summed E-state index contributed by atoms with van der Waals surface area (Å²) in [5.74, 6) is 2.85. The van der Waals surface area contributed by atoms with Gasteiger partial charge in [-0.2, -0.15) is 0 Å². The van der Waals surface area contributed by atoms with Gasteiger partial charge in [-0.05, 0) is 74.0 Å². The van der Waals surface area contributed by atoms with Gasteiger partial charge in [0.25, 0.3) is 0 Å². The number of hydrogen-bond acceptors (Lipinski definition) is 2. The number of aliphatic hydroxyl groups is 1. The molecule has 0 aromatic heterocycles. The fourth-order valence-corrected chi connectivity index (χ4v) is 7.43. The lowest BCUT2D eigenvalue weighted by Crippen LogP contribution is -2.57. The highest BCUT2D eigenvalue weighted by atomic mass is 16.3. The van der Waals surface area contributed by atoms with Crippen LogP contribution < -0.4 is 0 Å². The molecule has 4 aliphatic rings. The molecule has 0 heterocycles. The zero-order valence-electron chi connectivity index (χ0n) is 14.3. The molecule has 0 amide bonds. The van der Waals surface area contributed by atoms with E-state index in [9.17, 15) is 9.90 Å². The van der Waals surface area contributed by atoms with Gasteiger partial charge in [0.1, 0.15) is 5.78 Å². The predicted octanol–water partition coefficient (Wildman–Crippen LogP) is 4.35. The molecule has 4 rings (SSSR count). The van der Waals surface area contributed by atoms with Crippen LogP contribution in [0.15, 0.2) is 0 Å². The third kappa shape index (κ3) is 1.85. The van der Waals surface area contributed by atoms with Crippen LogP contribution in [0.25, 0.3) is 0 Å². The molecule has 6 unspecified atom stereocenters. The van der Waals surface area contributed by atoms with Gasteiger partial charge < -0.3 is 5.11 Å². The molecular weight excluding hydrogens is 272 g/mol. The summed E-state index contributed by atoms with van der Waals surface area (Å²) < 4.78 is 0. The molecule has 4 saturated carbocycles. The van der Waals surface area contributed by atoms with Crippen molar-refractivity contribution in [1.82, 2.24) is 0 Å². The Kier molecular flexibility index (Phi) is 3.49. The van der Waals surface area contributed by atoms with Gasteiger partial charge in [0.05, 0.1) is 6.10 Å². The van der Waals surface area contributed by atoms with Gasteiger partial charge in [-0.15, -0.1) is 0 Å². The molecule has 0 saturated heterocycles. The molecule has 0 spiro atoms. The molecule has 124 valence electrons. The number of fused-ring (bicyclic) bond motifs is 5. The second-order valence-electron chi connectivity index (χ2n) is 9.14. The Morgan fingerprint density at radius 1 is 1.14 bits per heavy atom. The molecule has 0 aromatic rings. The molecule has 22 heavy (non-hydrogen) atoms. The van der Waals surface area contributed by atoms with Crippen molar-refractivity contribution in [2.75, 3.05) is 0 Å². The standard InChI is InChI=1S/C20H32O2/c1-3-20-12-16(21)18-13(14(20)7-8-17(20)22)9-11-19(2)10-5-4-6-15(18)19/h13-16,18,21H,3-12H2,1-2H3/t13?,14?,15?,16?,18?,19?,20-/m0/s1. The third-order valence-corrected chi connectivity index (χ3v) is 8.53. The van der Waals surface area contributed by atoms with Gasteiger partial charge in [-0.25, -0.2) is 0 Å². The summed E-state index contributed by atoms with van der Waals surface area (Å²) in [7, 11) is 0. The van der Waals surface area contributed by atoms with E-state index in [1.54, 1.807) is 0 Å². The van der Waals surface area contributed by atoms with Crippen molar-refractivity contribution >= 4 is 5.78 Å². The van der Waals surface area contributed by atoms with Gasteiger partial charge in [0, 0.05) is 11.8 Å². The molecule has 4 aliphatic carbocycles. The lowest BCUT2D eigenvalue weighted by Gasteiger charge is -2.60. The first-order chi connectivity index (χ1) is 10.5. The Balaban J connectivity index is 1.70. The van der Waals surface area contributed by atoms with Gasteiger partial charge in [0.15, 0.2) is 0 Å². The normalized spacial score (nSPS) is 54.5. The van der Waals surface area contributed by atoms with Gasteiger partial charge in [-0.3, -0.25) is 4.79 Å². The van der Waals surface area contributed by atoms with Crippen molar-refractivity contribution in [3.05, 3.63) is 0 Å². The molecule has 0 aromatic carbocycles. The Bertz CT molecular complexity index is 472. The monoisotopic (exact) mass is 304 g/mol. The summed E-state index contributed by atoms with van der Waals surface area (Å²) in [5, 5.41) is 11.1. The van der Waals surface area contributed by atoms with E-state index in [0.29, 0.717) is 34.9 Å². The van der Waals surface area contributed by atoms with Crippen LogP contribution in [0.5, 0.6) is 0 Å². The highest BCUT2D eigenvalue weighted by molar-refractivity contribution is 5.87. The number of carbonyl (C=O) groups excluding carboxylic acids is 1. The minimum absolute atomic E-state index is 0.164. The van der Waals surface area contributed by atoms with Crippen LogP contribution in [0, 0.1) is 34.5 Å². The zero-order valence-corrected chi connectivity index (χ0v) is 14.3. The molecule has 2 nitrogen and oxygen atoms in total. The first kappa shape index (κ1) is 15.2. The number of ketones is 1. The number of aliphatic hydroxyl groups excluding tert-OH is 1. The first-order valence-electron chi connectivity index (χ1n) is 9.73. The van der Waals surface area contributed by atoms with E-state index in [0.717, 1.165) is 25.7 Å². The van der Waals surface area contributed by atoms with Gasteiger partial charge in [-0.1, -0.05) is 26.7 Å². The second kappa shape index (κ2) is 5.06. The van der Waals surface area contributed by atoms with Crippen LogP contribution >= 0.6 is 0 Å². The summed E-state index contributed by atoms with van der Waals surface area (Å²) in [4.78, 5) is 12.6. The Morgan fingerprint density at radius 2 is 1.95 bits per heavy atom. The molecule has 2 heteroatoms. The Morgan fingerprint density at radius 3 is 2.73 bits per heavy atom. The summed E-state index contributed by atoms with van der Waals surface area (Å²) in [5.41, 5.74) is 0.304. The molecule has 0 aliphatic heterocycles. The van der Waals surface area contributed by atoms with Crippen LogP contribution in [0.4, 0.5) is 0 Å². The van der Waals surface area contributed by atoms with Gasteiger partial charge in [0.2, 0.25) is 0 Å². The average Bonchev–Trinajstić information content (AvgIpc) is 2.84. The van der Waals surface area contributed by atoms with Crippen molar-refractivity contribution in [1.29, 1.82) is 0 Å². The predicted molar refractivity (Wildman–Crippen MR) is 87.4 cm³/mol. The molecule has 0 bridgehead atoms. The molecule has 7 atom stereocenters. The maximum absolute atomic E-state index is 12.6. The van der Waals surface area contributed by atoms with E-state index >= 15 is 0 Å². The van der Waals surface area contributed by atoms with Crippen molar-refractivity contribution in [3.8, 4) is 0 Å². The third-order valence-electron chi connectivity index (χ3n) is 8.53. The minimum Gasteiger partial charge on any atom is -0.393 e. The fraction of sp³-hybridized carbons (Fsp3) is 0.950. The lowest BCUT2D eigenvalue weighted by atomic mass is 9.45. The van der Waals surface area contributed by atoms with E-state index < -0.39 is 0 Å². The second-order valence-corrected chi connectivity index (χ2v) is 9.14. The van der Waals surface area contributed by atoms with Crippen molar-refractivity contribution in [2.45, 2.75) is 84.2 Å². The van der Waals surface area contributed by atoms with Crippen LogP contribution in [0.1, 0.15) is 78.1 Å². The minimum atomic E-state index is -0.231. The SMILES string of the molecule is CC[C@]12CC(O)C3C(CCC4(C)CCCCC34)C1CCC2=O. The Hall–Kier alpha value is -0.370. The van der Waals surface area contributed by atoms with Gasteiger partial charge >= 0.3 is 0 Å². The quantitative estimate of drug-likeness (QED) is 0.782. The largest absolute Gasteiger partial charge is 0.393 e. The molecule has 1 N–H and O–H groups in total.